The van der Waals surface area contributed by atoms with Crippen LogP contribution in [-0.2, 0) is 19.1 Å². The number of rotatable bonds is 6. The Hall–Kier alpha value is -2.82. The zero-order valence-corrected chi connectivity index (χ0v) is 12.4. The molecular formula is C13H11F3N2O6. The van der Waals surface area contributed by atoms with Gasteiger partial charge in [0.2, 0.25) is 11.5 Å². The second kappa shape index (κ2) is 6.74. The summed E-state index contributed by atoms with van der Waals surface area (Å²) in [6, 6.07) is 1.48. The highest BCUT2D eigenvalue weighted by Gasteiger charge is 2.44. The summed E-state index contributed by atoms with van der Waals surface area (Å²) >= 11 is 0. The third-order valence-electron chi connectivity index (χ3n) is 2.70. The van der Waals surface area contributed by atoms with E-state index in [2.05, 4.69) is 29.5 Å². The summed E-state index contributed by atoms with van der Waals surface area (Å²) in [5.74, 6) is -3.89. The molecule has 8 nitrogen and oxygen atoms in total. The first-order valence-electron chi connectivity index (χ1n) is 6.31. The van der Waals surface area contributed by atoms with Crippen LogP contribution in [0.5, 0.6) is 11.5 Å². The van der Waals surface area contributed by atoms with Crippen molar-refractivity contribution < 1.29 is 41.7 Å². The van der Waals surface area contributed by atoms with Gasteiger partial charge in [-0.25, -0.2) is 9.18 Å². The van der Waals surface area contributed by atoms with Crippen molar-refractivity contribution in [2.75, 3.05) is 26.3 Å². The number of anilines is 1. The Bertz CT molecular complexity index is 707. The standard InChI is InChI=1S/C13H11F3N2O6/c1-21-5-8(19)11(12(20)22-2)18-17-7-4-10-9(3-6(7)14)23-13(15,16)24-10/h3-4,17H,5H2,1-2H3. The van der Waals surface area contributed by atoms with E-state index in [1.165, 1.54) is 7.11 Å². The Labute approximate surface area is 133 Å². The molecule has 0 saturated carbocycles. The monoisotopic (exact) mass is 348 g/mol. The molecule has 130 valence electrons. The number of esters is 1. The van der Waals surface area contributed by atoms with Gasteiger partial charge in [0.05, 0.1) is 12.8 Å². The van der Waals surface area contributed by atoms with Gasteiger partial charge in [-0.05, 0) is 0 Å². The van der Waals surface area contributed by atoms with E-state index in [-0.39, 0.29) is 0 Å². The fourth-order valence-electron chi connectivity index (χ4n) is 1.69. The predicted octanol–water partition coefficient (Wildman–Crippen LogP) is 1.30. The maximum absolute atomic E-state index is 13.8. The van der Waals surface area contributed by atoms with Crippen LogP contribution in [0, 0.1) is 5.82 Å². The third-order valence-corrected chi connectivity index (χ3v) is 2.70. The van der Waals surface area contributed by atoms with Crippen molar-refractivity contribution in [1.82, 2.24) is 0 Å². The molecule has 1 aromatic carbocycles. The molecule has 1 aromatic rings. The van der Waals surface area contributed by atoms with Crippen molar-refractivity contribution in [3.63, 3.8) is 0 Å². The molecule has 0 aliphatic carbocycles. The van der Waals surface area contributed by atoms with Crippen LogP contribution < -0.4 is 14.9 Å². The number of carbonyl (C=O) groups excluding carboxylic acids is 2. The molecule has 0 fully saturated rings. The number of hydrazone groups is 1. The van der Waals surface area contributed by atoms with Crippen LogP contribution in [0.2, 0.25) is 0 Å². The van der Waals surface area contributed by atoms with Crippen molar-refractivity contribution in [1.29, 1.82) is 0 Å². The number of nitrogens with one attached hydrogen (secondary N) is 1. The van der Waals surface area contributed by atoms with E-state index in [1.807, 2.05) is 0 Å². The Kier molecular flexibility index (Phi) is 4.93. The van der Waals surface area contributed by atoms with Gasteiger partial charge in [-0.2, -0.15) is 5.10 Å². The molecule has 0 amide bonds. The first-order chi connectivity index (χ1) is 11.3. The fourth-order valence-corrected chi connectivity index (χ4v) is 1.69. The number of ketones is 1. The molecule has 0 radical (unpaired) electrons. The molecular weight excluding hydrogens is 337 g/mol. The summed E-state index contributed by atoms with van der Waals surface area (Å²) < 4.78 is 56.9. The summed E-state index contributed by atoms with van der Waals surface area (Å²) in [5, 5.41) is 3.44. The molecule has 24 heavy (non-hydrogen) atoms. The van der Waals surface area contributed by atoms with Gasteiger partial charge in [0.1, 0.15) is 6.61 Å². The Morgan fingerprint density at radius 1 is 1.25 bits per heavy atom. The van der Waals surface area contributed by atoms with Gasteiger partial charge in [0, 0.05) is 19.2 Å². The van der Waals surface area contributed by atoms with Crippen molar-refractivity contribution >= 4 is 23.2 Å². The molecule has 0 atom stereocenters. The van der Waals surface area contributed by atoms with Crippen LogP contribution in [0.1, 0.15) is 0 Å². The number of hydrogen-bond acceptors (Lipinski definition) is 8. The number of methoxy groups -OCH3 is 2. The smallest absolute Gasteiger partial charge is 0.464 e. The molecule has 0 unspecified atom stereocenters. The van der Waals surface area contributed by atoms with Crippen LogP contribution in [0.3, 0.4) is 0 Å². The number of nitrogens with zero attached hydrogens (tertiary/aromatic N) is 1. The lowest BCUT2D eigenvalue weighted by Gasteiger charge is -2.06. The molecule has 1 aliphatic rings. The maximum Gasteiger partial charge on any atom is 0.586 e. The number of carbonyl (C=O) groups is 2. The summed E-state index contributed by atoms with van der Waals surface area (Å²) in [6.07, 6.45) is -3.91. The lowest BCUT2D eigenvalue weighted by Crippen LogP contribution is -2.29. The summed E-state index contributed by atoms with van der Waals surface area (Å²) in [5.41, 5.74) is 0.958. The van der Waals surface area contributed by atoms with Crippen molar-refractivity contribution in [2.45, 2.75) is 6.29 Å². The van der Waals surface area contributed by atoms with E-state index in [4.69, 9.17) is 0 Å². The largest absolute Gasteiger partial charge is 0.586 e. The number of hydrogen-bond donors (Lipinski definition) is 1. The summed E-state index contributed by atoms with van der Waals surface area (Å²) in [6.45, 7) is -0.467. The highest BCUT2D eigenvalue weighted by molar-refractivity contribution is 6.64. The molecule has 1 aliphatic heterocycles. The zero-order valence-electron chi connectivity index (χ0n) is 12.4. The maximum atomic E-state index is 13.8. The Morgan fingerprint density at radius 3 is 2.46 bits per heavy atom. The minimum atomic E-state index is -3.91. The van der Waals surface area contributed by atoms with Gasteiger partial charge in [-0.3, -0.25) is 10.2 Å². The number of halogens is 3. The Balaban J connectivity index is 2.26. The van der Waals surface area contributed by atoms with Crippen molar-refractivity contribution in [3.8, 4) is 11.5 Å². The molecule has 11 heteroatoms. The van der Waals surface area contributed by atoms with Gasteiger partial charge >= 0.3 is 12.3 Å². The van der Waals surface area contributed by atoms with E-state index < -0.39 is 53.4 Å². The predicted molar refractivity (Wildman–Crippen MR) is 72.6 cm³/mol. The van der Waals surface area contributed by atoms with Gasteiger partial charge in [-0.15, -0.1) is 8.78 Å². The first-order valence-corrected chi connectivity index (χ1v) is 6.31. The van der Waals surface area contributed by atoms with E-state index in [9.17, 15) is 22.8 Å². The Morgan fingerprint density at radius 2 is 1.88 bits per heavy atom. The molecule has 0 spiro atoms. The fraction of sp³-hybridized carbons (Fsp3) is 0.308. The molecule has 0 aromatic heterocycles. The van der Waals surface area contributed by atoms with Gasteiger partial charge in [-0.1, -0.05) is 0 Å². The van der Waals surface area contributed by atoms with E-state index >= 15 is 0 Å². The molecule has 1 N–H and O–H groups in total. The third kappa shape index (κ3) is 3.74. The topological polar surface area (TPSA) is 95.5 Å². The van der Waals surface area contributed by atoms with Gasteiger partial charge in [0.15, 0.2) is 17.3 Å². The van der Waals surface area contributed by atoms with Crippen LogP contribution >= 0.6 is 0 Å². The minimum absolute atomic E-state index is 0.429. The number of fused-ring (bicyclic) bond motifs is 1. The second-order valence-electron chi connectivity index (χ2n) is 4.37. The number of benzene rings is 1. The van der Waals surface area contributed by atoms with E-state index in [0.717, 1.165) is 13.2 Å². The minimum Gasteiger partial charge on any atom is -0.464 e. The highest BCUT2D eigenvalue weighted by Crippen LogP contribution is 2.43. The molecule has 0 saturated heterocycles. The number of ether oxygens (including phenoxy) is 4. The average molecular weight is 348 g/mol. The summed E-state index contributed by atoms with van der Waals surface area (Å²) in [4.78, 5) is 23.2. The molecule has 2 rings (SSSR count). The van der Waals surface area contributed by atoms with Crippen LogP contribution in [-0.4, -0.2) is 44.6 Å². The SMILES string of the molecule is COCC(=O)C(=NNc1cc2c(cc1F)OC(F)(F)O2)C(=O)OC. The quantitative estimate of drug-likeness (QED) is 0.358. The molecule has 1 heterocycles. The average Bonchev–Trinajstić information content (AvgIpc) is 2.80. The molecule has 0 bridgehead atoms. The van der Waals surface area contributed by atoms with Gasteiger partial charge in [0.25, 0.3) is 0 Å². The normalized spacial score (nSPS) is 15.1. The highest BCUT2D eigenvalue weighted by atomic mass is 19.3. The number of alkyl halides is 2. The second-order valence-corrected chi connectivity index (χ2v) is 4.37. The zero-order chi connectivity index (χ0) is 17.9. The van der Waals surface area contributed by atoms with Crippen molar-refractivity contribution in [2.24, 2.45) is 5.10 Å². The lowest BCUT2D eigenvalue weighted by molar-refractivity contribution is -0.286. The number of Topliss-reactive ketones (excluding diaryl/α,β-unsaturated/α-hetero) is 1. The van der Waals surface area contributed by atoms with Crippen LogP contribution in [0.15, 0.2) is 17.2 Å². The van der Waals surface area contributed by atoms with E-state index in [0.29, 0.717) is 6.07 Å². The lowest BCUT2D eigenvalue weighted by atomic mass is 10.2. The van der Waals surface area contributed by atoms with Gasteiger partial charge < -0.3 is 18.9 Å². The van der Waals surface area contributed by atoms with E-state index in [1.54, 1.807) is 0 Å². The van der Waals surface area contributed by atoms with Crippen LogP contribution in [0.25, 0.3) is 0 Å². The van der Waals surface area contributed by atoms with Crippen molar-refractivity contribution in [3.05, 3.63) is 17.9 Å². The van der Waals surface area contributed by atoms with Crippen LogP contribution in [0.4, 0.5) is 18.9 Å². The first kappa shape index (κ1) is 17.5. The summed E-state index contributed by atoms with van der Waals surface area (Å²) in [7, 11) is 2.24.